The molecule has 0 aliphatic carbocycles. The number of benzene rings is 1. The summed E-state index contributed by atoms with van der Waals surface area (Å²) in [4.78, 5) is 22.0. The highest BCUT2D eigenvalue weighted by Crippen LogP contribution is 2.31. The van der Waals surface area contributed by atoms with Gasteiger partial charge in [-0.05, 0) is 50.6 Å². The number of nitrogens with one attached hydrogen (secondary N) is 1. The third kappa shape index (κ3) is 5.67. The number of hydrogen-bond donors (Lipinski definition) is 2. The monoisotopic (exact) mass is 552 g/mol. The van der Waals surface area contributed by atoms with Gasteiger partial charge < -0.3 is 25.3 Å². The number of fused-ring (bicyclic) bond motifs is 1. The number of halogens is 2. The summed E-state index contributed by atoms with van der Waals surface area (Å²) in [6.45, 7) is 5.45. The van der Waals surface area contributed by atoms with Gasteiger partial charge in [-0.1, -0.05) is 0 Å². The van der Waals surface area contributed by atoms with Crippen LogP contribution < -0.4 is 20.5 Å². The van der Waals surface area contributed by atoms with Gasteiger partial charge in [0.25, 0.3) is 5.91 Å². The molecule has 0 bridgehead atoms. The zero-order valence-corrected chi connectivity index (χ0v) is 22.6. The molecule has 1 fully saturated rings. The van der Waals surface area contributed by atoms with Gasteiger partial charge >= 0.3 is 0 Å². The van der Waals surface area contributed by atoms with Gasteiger partial charge in [-0.15, -0.1) is 5.10 Å². The van der Waals surface area contributed by atoms with Crippen molar-refractivity contribution < 1.29 is 27.8 Å². The molecule has 210 valence electrons. The lowest BCUT2D eigenvalue weighted by atomic mass is 10.0. The van der Waals surface area contributed by atoms with Crippen LogP contribution in [0, 0.1) is 18.6 Å². The second kappa shape index (κ2) is 11.0. The van der Waals surface area contributed by atoms with Crippen molar-refractivity contribution in [3.8, 4) is 22.8 Å². The number of ether oxygens (including phenoxy) is 3. The van der Waals surface area contributed by atoms with E-state index in [-0.39, 0.29) is 53.6 Å². The number of methoxy groups -OCH3 is 1. The average Bonchev–Trinajstić information content (AvgIpc) is 3.27. The van der Waals surface area contributed by atoms with Gasteiger partial charge in [-0.3, -0.25) is 4.79 Å². The normalized spacial score (nSPS) is 19.0. The van der Waals surface area contributed by atoms with Gasteiger partial charge in [0.2, 0.25) is 11.8 Å². The minimum Gasteiger partial charge on any atom is -0.487 e. The summed E-state index contributed by atoms with van der Waals surface area (Å²) in [5, 5.41) is 6.80. The Morgan fingerprint density at radius 2 is 1.93 bits per heavy atom. The lowest BCUT2D eigenvalue weighted by Gasteiger charge is -2.32. The van der Waals surface area contributed by atoms with E-state index in [1.54, 1.807) is 31.3 Å². The highest BCUT2D eigenvalue weighted by Gasteiger charge is 2.28. The largest absolute Gasteiger partial charge is 0.487 e. The smallest absolute Gasteiger partial charge is 0.257 e. The molecule has 3 N–H and O–H groups in total. The van der Waals surface area contributed by atoms with E-state index in [0.717, 1.165) is 17.7 Å². The molecule has 0 radical (unpaired) electrons. The van der Waals surface area contributed by atoms with Crippen LogP contribution in [0.5, 0.6) is 11.6 Å². The second-order valence-corrected chi connectivity index (χ2v) is 9.89. The van der Waals surface area contributed by atoms with Crippen molar-refractivity contribution >= 4 is 17.5 Å². The first kappa shape index (κ1) is 27.3. The first-order valence-electron chi connectivity index (χ1n) is 12.9. The minimum absolute atomic E-state index is 0.0565. The Kier molecular flexibility index (Phi) is 7.53. The number of nitrogens with two attached hydrogens (primary N) is 1. The Labute approximate surface area is 229 Å². The summed E-state index contributed by atoms with van der Waals surface area (Å²) in [7, 11) is 1.41. The molecule has 4 heterocycles. The van der Waals surface area contributed by atoms with Crippen LogP contribution in [-0.4, -0.2) is 50.9 Å². The van der Waals surface area contributed by atoms with Crippen LogP contribution in [0.25, 0.3) is 16.8 Å². The highest BCUT2D eigenvalue weighted by atomic mass is 19.1. The quantitative estimate of drug-likeness (QED) is 0.349. The molecule has 40 heavy (non-hydrogen) atoms. The molecule has 1 amide bonds. The van der Waals surface area contributed by atoms with Gasteiger partial charge in [-0.2, -0.15) is 4.98 Å². The van der Waals surface area contributed by atoms with Gasteiger partial charge in [-0.25, -0.2) is 18.3 Å². The van der Waals surface area contributed by atoms with Crippen LogP contribution in [0.2, 0.25) is 0 Å². The molecule has 1 saturated heterocycles. The maximum atomic E-state index is 14.9. The third-order valence-corrected chi connectivity index (χ3v) is 6.74. The predicted molar refractivity (Wildman–Crippen MR) is 143 cm³/mol. The number of pyridine rings is 2. The number of nitrogens with zero attached hydrogens (tertiary/aromatic N) is 4. The standard InChI is InChI=1S/C28H30F2N6O4/c1-14-7-20(8-15(2)39-14)40-25-18(9-19(29)11-23(25)30)13-32-26(37)22-12-21(16(3)33-27(22)38-4)17-5-6-36-24(10-17)34-28(31)35-36/h5-6,9-12,14-15,20H,7-8,13H2,1-4H3,(H2,31,35)(H,32,37). The van der Waals surface area contributed by atoms with Crippen LogP contribution in [0.4, 0.5) is 14.7 Å². The minimum atomic E-state index is -0.836. The number of hydrogen-bond acceptors (Lipinski definition) is 8. The first-order chi connectivity index (χ1) is 19.1. The molecule has 10 nitrogen and oxygen atoms in total. The Bertz CT molecular complexity index is 1570. The molecule has 3 aromatic heterocycles. The number of aryl methyl sites for hydroxylation is 1. The highest BCUT2D eigenvalue weighted by molar-refractivity contribution is 5.97. The number of carbonyl (C=O) groups excluding carboxylic acids is 1. The molecule has 0 spiro atoms. The molecular formula is C28H30F2N6O4. The number of nitrogen functional groups attached to an aromatic ring is 1. The molecule has 0 saturated carbocycles. The number of aromatic nitrogens is 4. The summed E-state index contributed by atoms with van der Waals surface area (Å²) < 4.78 is 47.7. The zero-order valence-electron chi connectivity index (χ0n) is 22.6. The fourth-order valence-corrected chi connectivity index (χ4v) is 5.01. The van der Waals surface area contributed by atoms with Gasteiger partial charge in [0, 0.05) is 48.5 Å². The summed E-state index contributed by atoms with van der Waals surface area (Å²) in [6.07, 6.45) is 2.41. The number of anilines is 1. The Hall–Kier alpha value is -4.32. The van der Waals surface area contributed by atoms with Crippen molar-refractivity contribution in [3.05, 3.63) is 65.0 Å². The van der Waals surface area contributed by atoms with E-state index in [0.29, 0.717) is 29.7 Å². The topological polar surface area (TPSA) is 126 Å². The number of carbonyl (C=O) groups is 1. The van der Waals surface area contributed by atoms with Crippen molar-refractivity contribution in [3.63, 3.8) is 0 Å². The Morgan fingerprint density at radius 3 is 2.65 bits per heavy atom. The predicted octanol–water partition coefficient (Wildman–Crippen LogP) is 4.23. The second-order valence-electron chi connectivity index (χ2n) is 9.89. The van der Waals surface area contributed by atoms with E-state index in [2.05, 4.69) is 20.4 Å². The van der Waals surface area contributed by atoms with Crippen molar-refractivity contribution in [2.24, 2.45) is 0 Å². The van der Waals surface area contributed by atoms with E-state index in [1.165, 1.54) is 11.6 Å². The molecule has 1 aliphatic rings. The maximum absolute atomic E-state index is 14.9. The van der Waals surface area contributed by atoms with E-state index >= 15 is 0 Å². The molecule has 1 aliphatic heterocycles. The molecule has 2 atom stereocenters. The lowest BCUT2D eigenvalue weighted by Crippen LogP contribution is -2.36. The van der Waals surface area contributed by atoms with Crippen LogP contribution >= 0.6 is 0 Å². The van der Waals surface area contributed by atoms with Crippen LogP contribution in [-0.2, 0) is 11.3 Å². The summed E-state index contributed by atoms with van der Waals surface area (Å²) >= 11 is 0. The third-order valence-electron chi connectivity index (χ3n) is 6.74. The van der Waals surface area contributed by atoms with Crippen LogP contribution in [0.15, 0.2) is 36.5 Å². The van der Waals surface area contributed by atoms with Gasteiger partial charge in [0.15, 0.2) is 17.2 Å². The molecular weight excluding hydrogens is 522 g/mol. The zero-order chi connectivity index (χ0) is 28.6. The van der Waals surface area contributed by atoms with Crippen molar-refractivity contribution in [1.29, 1.82) is 0 Å². The molecule has 1 aromatic carbocycles. The Morgan fingerprint density at radius 1 is 1.18 bits per heavy atom. The van der Waals surface area contributed by atoms with Crippen LogP contribution in [0.1, 0.15) is 48.3 Å². The number of rotatable bonds is 7. The molecule has 12 heteroatoms. The summed E-state index contributed by atoms with van der Waals surface area (Å²) in [6, 6.07) is 7.15. The molecule has 5 rings (SSSR count). The average molecular weight is 553 g/mol. The van der Waals surface area contributed by atoms with Gasteiger partial charge in [0.1, 0.15) is 17.5 Å². The van der Waals surface area contributed by atoms with Crippen molar-refractivity contribution in [2.75, 3.05) is 12.8 Å². The van der Waals surface area contributed by atoms with Crippen LogP contribution in [0.3, 0.4) is 0 Å². The SMILES string of the molecule is COc1nc(C)c(-c2ccn3nc(N)nc3c2)cc1C(=O)NCc1cc(F)cc(F)c1OC1CC(C)OC(C)C1. The lowest BCUT2D eigenvalue weighted by molar-refractivity contribution is -0.0729. The molecule has 4 aromatic rings. The van der Waals surface area contributed by atoms with Crippen molar-refractivity contribution in [1.82, 2.24) is 24.9 Å². The van der Waals surface area contributed by atoms with E-state index in [4.69, 9.17) is 19.9 Å². The van der Waals surface area contributed by atoms with Crippen molar-refractivity contribution in [2.45, 2.75) is 58.5 Å². The fraction of sp³-hybridized carbons (Fsp3) is 0.357. The fourth-order valence-electron chi connectivity index (χ4n) is 5.01. The summed E-state index contributed by atoms with van der Waals surface area (Å²) in [5.41, 5.74) is 8.58. The molecule has 2 unspecified atom stereocenters. The Balaban J connectivity index is 1.41. The van der Waals surface area contributed by atoms with E-state index < -0.39 is 17.5 Å². The first-order valence-corrected chi connectivity index (χ1v) is 12.9. The summed E-state index contributed by atoms with van der Waals surface area (Å²) in [5.74, 6) is -1.99. The maximum Gasteiger partial charge on any atom is 0.257 e. The van der Waals surface area contributed by atoms with Gasteiger partial charge in [0.05, 0.1) is 19.3 Å². The van der Waals surface area contributed by atoms with E-state index in [9.17, 15) is 13.6 Å². The van der Waals surface area contributed by atoms with E-state index in [1.807, 2.05) is 13.8 Å². The number of amides is 1.